The number of ether oxygens (including phenoxy) is 1. The van der Waals surface area contributed by atoms with E-state index in [1.165, 1.54) is 0 Å². The van der Waals surface area contributed by atoms with E-state index in [4.69, 9.17) is 15.7 Å². The van der Waals surface area contributed by atoms with Crippen molar-refractivity contribution in [2.24, 2.45) is 0 Å². The maximum Gasteiger partial charge on any atom is 0.101 e. The van der Waals surface area contributed by atoms with Crippen LogP contribution >= 0.6 is 0 Å². The van der Waals surface area contributed by atoms with Crippen molar-refractivity contribution in [3.8, 4) is 6.07 Å². The Kier molecular flexibility index (Phi) is 3.19. The number of nitrogens with zero attached hydrogens (tertiary/aromatic N) is 2. The lowest BCUT2D eigenvalue weighted by molar-refractivity contribution is -0.133. The number of benzene rings is 1. The molecule has 2 rings (SSSR count). The lowest BCUT2D eigenvalue weighted by Gasteiger charge is -2.48. The molecule has 1 aromatic carbocycles. The summed E-state index contributed by atoms with van der Waals surface area (Å²) in [5.41, 5.74) is 7.42. The second-order valence-electron chi connectivity index (χ2n) is 6.36. The quantitative estimate of drug-likeness (QED) is 0.787. The van der Waals surface area contributed by atoms with E-state index in [9.17, 15) is 0 Å². The fraction of sp³-hybridized carbons (Fsp3) is 0.533. The summed E-state index contributed by atoms with van der Waals surface area (Å²) in [6.07, 6.45) is 0. The van der Waals surface area contributed by atoms with Crippen LogP contribution < -0.4 is 10.6 Å². The zero-order valence-electron chi connectivity index (χ0n) is 12.0. The van der Waals surface area contributed by atoms with Crippen molar-refractivity contribution in [2.45, 2.75) is 38.9 Å². The monoisotopic (exact) mass is 259 g/mol. The molecule has 0 atom stereocenters. The van der Waals surface area contributed by atoms with E-state index in [-0.39, 0.29) is 11.2 Å². The molecule has 0 aliphatic carbocycles. The summed E-state index contributed by atoms with van der Waals surface area (Å²) in [6.45, 7) is 9.94. The van der Waals surface area contributed by atoms with Gasteiger partial charge in [-0.1, -0.05) is 0 Å². The Balaban J connectivity index is 2.34. The molecule has 4 heteroatoms. The number of rotatable bonds is 1. The van der Waals surface area contributed by atoms with Crippen LogP contribution in [0.3, 0.4) is 0 Å². The average molecular weight is 259 g/mol. The molecule has 19 heavy (non-hydrogen) atoms. The normalized spacial score (nSPS) is 20.9. The van der Waals surface area contributed by atoms with Gasteiger partial charge in [0.2, 0.25) is 0 Å². The molecule has 1 fully saturated rings. The zero-order valence-corrected chi connectivity index (χ0v) is 12.0. The van der Waals surface area contributed by atoms with Crippen molar-refractivity contribution in [2.75, 3.05) is 23.7 Å². The van der Waals surface area contributed by atoms with Gasteiger partial charge in [-0.05, 0) is 45.9 Å². The van der Waals surface area contributed by atoms with Crippen LogP contribution in [0.25, 0.3) is 0 Å². The third-order valence-corrected chi connectivity index (χ3v) is 3.22. The van der Waals surface area contributed by atoms with Crippen LogP contribution in [-0.4, -0.2) is 24.3 Å². The first-order valence-electron chi connectivity index (χ1n) is 6.47. The SMILES string of the molecule is CC1(C)CN(c2ccc(N)c(C#N)c2)CC(C)(C)O1. The third kappa shape index (κ3) is 2.99. The van der Waals surface area contributed by atoms with Gasteiger partial charge >= 0.3 is 0 Å². The Morgan fingerprint density at radius 1 is 1.21 bits per heavy atom. The highest BCUT2D eigenvalue weighted by molar-refractivity contribution is 5.63. The zero-order chi connectivity index (χ0) is 14.3. The maximum absolute atomic E-state index is 9.07. The molecule has 2 N–H and O–H groups in total. The first-order valence-corrected chi connectivity index (χ1v) is 6.47. The maximum atomic E-state index is 9.07. The van der Waals surface area contributed by atoms with E-state index >= 15 is 0 Å². The fourth-order valence-electron chi connectivity index (χ4n) is 2.81. The highest BCUT2D eigenvalue weighted by Crippen LogP contribution is 2.32. The predicted octanol–water partition coefficient (Wildman–Crippen LogP) is 2.53. The molecule has 1 aromatic rings. The Labute approximate surface area is 114 Å². The van der Waals surface area contributed by atoms with Crippen molar-refractivity contribution in [3.63, 3.8) is 0 Å². The minimum Gasteiger partial charge on any atom is -0.398 e. The number of nitrogens with two attached hydrogens (primary N) is 1. The Bertz CT molecular complexity index is 513. The van der Waals surface area contributed by atoms with E-state index in [1.807, 2.05) is 12.1 Å². The molecule has 0 aromatic heterocycles. The summed E-state index contributed by atoms with van der Waals surface area (Å²) in [4.78, 5) is 2.25. The summed E-state index contributed by atoms with van der Waals surface area (Å²) in [6, 6.07) is 7.75. The van der Waals surface area contributed by atoms with Crippen molar-refractivity contribution in [1.82, 2.24) is 0 Å². The second-order valence-corrected chi connectivity index (χ2v) is 6.36. The molecule has 102 valence electrons. The van der Waals surface area contributed by atoms with E-state index in [0.29, 0.717) is 11.3 Å². The van der Waals surface area contributed by atoms with Crippen LogP contribution in [0.2, 0.25) is 0 Å². The van der Waals surface area contributed by atoms with Gasteiger partial charge in [-0.3, -0.25) is 0 Å². The fourth-order valence-corrected chi connectivity index (χ4v) is 2.81. The third-order valence-electron chi connectivity index (χ3n) is 3.22. The number of hydrogen-bond acceptors (Lipinski definition) is 4. The number of anilines is 2. The standard InChI is InChI=1S/C15H21N3O/c1-14(2)9-18(10-15(3,4)19-14)12-5-6-13(17)11(7-12)8-16/h5-7H,9-10,17H2,1-4H3. The molecule has 0 saturated carbocycles. The molecule has 0 unspecified atom stereocenters. The molecule has 0 radical (unpaired) electrons. The summed E-state index contributed by atoms with van der Waals surface area (Å²) in [5, 5.41) is 9.07. The molecule has 1 heterocycles. The van der Waals surface area contributed by atoms with Gasteiger partial charge in [0.25, 0.3) is 0 Å². The number of morpholine rings is 1. The number of hydrogen-bond donors (Lipinski definition) is 1. The summed E-state index contributed by atoms with van der Waals surface area (Å²) < 4.78 is 6.06. The van der Waals surface area contributed by atoms with Gasteiger partial charge in [-0.2, -0.15) is 5.26 Å². The van der Waals surface area contributed by atoms with E-state index in [0.717, 1.165) is 18.8 Å². The first kappa shape index (κ1) is 13.7. The Morgan fingerprint density at radius 2 is 1.79 bits per heavy atom. The molecule has 0 amide bonds. The molecule has 1 aliphatic heterocycles. The van der Waals surface area contributed by atoms with Crippen molar-refractivity contribution < 1.29 is 4.74 Å². The smallest absolute Gasteiger partial charge is 0.101 e. The van der Waals surface area contributed by atoms with Crippen molar-refractivity contribution in [3.05, 3.63) is 23.8 Å². The molecule has 4 nitrogen and oxygen atoms in total. The van der Waals surface area contributed by atoms with Gasteiger partial charge in [-0.15, -0.1) is 0 Å². The van der Waals surface area contributed by atoms with Crippen LogP contribution in [-0.2, 0) is 4.74 Å². The van der Waals surface area contributed by atoms with Crippen molar-refractivity contribution in [1.29, 1.82) is 5.26 Å². The minimum absolute atomic E-state index is 0.212. The van der Waals surface area contributed by atoms with Crippen LogP contribution in [0.4, 0.5) is 11.4 Å². The topological polar surface area (TPSA) is 62.3 Å². The van der Waals surface area contributed by atoms with Gasteiger partial charge < -0.3 is 15.4 Å². The molecule has 0 spiro atoms. The van der Waals surface area contributed by atoms with Gasteiger partial charge in [0.15, 0.2) is 0 Å². The minimum atomic E-state index is -0.212. The molecular weight excluding hydrogens is 238 g/mol. The number of nitriles is 1. The highest BCUT2D eigenvalue weighted by atomic mass is 16.5. The van der Waals surface area contributed by atoms with Gasteiger partial charge in [0.05, 0.1) is 16.8 Å². The Hall–Kier alpha value is -1.73. The second kappa shape index (κ2) is 4.43. The van der Waals surface area contributed by atoms with Gasteiger partial charge in [0, 0.05) is 24.5 Å². The van der Waals surface area contributed by atoms with Crippen LogP contribution in [0, 0.1) is 11.3 Å². The summed E-state index contributed by atoms with van der Waals surface area (Å²) >= 11 is 0. The molecule has 1 saturated heterocycles. The number of nitrogen functional groups attached to an aromatic ring is 1. The van der Waals surface area contributed by atoms with Crippen LogP contribution in [0.5, 0.6) is 0 Å². The highest BCUT2D eigenvalue weighted by Gasteiger charge is 2.38. The molecular formula is C15H21N3O. The lowest BCUT2D eigenvalue weighted by Crippen LogP contribution is -2.57. The van der Waals surface area contributed by atoms with E-state index in [2.05, 4.69) is 38.7 Å². The average Bonchev–Trinajstić information content (AvgIpc) is 2.25. The summed E-state index contributed by atoms with van der Waals surface area (Å²) in [5.74, 6) is 0. The summed E-state index contributed by atoms with van der Waals surface area (Å²) in [7, 11) is 0. The van der Waals surface area contributed by atoms with E-state index in [1.54, 1.807) is 6.07 Å². The van der Waals surface area contributed by atoms with Crippen molar-refractivity contribution >= 4 is 11.4 Å². The first-order chi connectivity index (χ1) is 8.72. The van der Waals surface area contributed by atoms with Crippen LogP contribution in [0.15, 0.2) is 18.2 Å². The largest absolute Gasteiger partial charge is 0.398 e. The molecule has 0 bridgehead atoms. The van der Waals surface area contributed by atoms with E-state index < -0.39 is 0 Å². The lowest BCUT2D eigenvalue weighted by atomic mass is 9.98. The Morgan fingerprint density at radius 3 is 2.32 bits per heavy atom. The molecule has 1 aliphatic rings. The van der Waals surface area contributed by atoms with Gasteiger partial charge in [-0.25, -0.2) is 0 Å². The van der Waals surface area contributed by atoms with Crippen LogP contribution in [0.1, 0.15) is 33.3 Å². The van der Waals surface area contributed by atoms with Gasteiger partial charge in [0.1, 0.15) is 6.07 Å². The predicted molar refractivity (Wildman–Crippen MR) is 77.0 cm³/mol.